The van der Waals surface area contributed by atoms with Crippen molar-refractivity contribution in [1.82, 2.24) is 9.78 Å². The molecule has 1 atom stereocenters. The van der Waals surface area contributed by atoms with E-state index in [0.29, 0.717) is 12.3 Å². The van der Waals surface area contributed by atoms with Crippen LogP contribution in [0.15, 0.2) is 67.0 Å². The molecule has 0 spiro atoms. The molecule has 1 aromatic heterocycles. The lowest BCUT2D eigenvalue weighted by Gasteiger charge is -2.12. The molecular weight excluding hydrogens is 322 g/mol. The van der Waals surface area contributed by atoms with Crippen LogP contribution < -0.4 is 4.74 Å². The van der Waals surface area contributed by atoms with Crippen LogP contribution in [0.2, 0.25) is 0 Å². The molecule has 2 aromatic carbocycles. The summed E-state index contributed by atoms with van der Waals surface area (Å²) in [6, 6.07) is 15.5. The molecule has 0 bridgehead atoms. The Morgan fingerprint density at radius 2 is 1.84 bits per heavy atom. The topological polar surface area (TPSA) is 90.4 Å². The Balaban J connectivity index is 1.58. The van der Waals surface area contributed by atoms with E-state index in [4.69, 9.17) is 4.74 Å². The zero-order valence-corrected chi connectivity index (χ0v) is 13.4. The van der Waals surface area contributed by atoms with Crippen LogP contribution in [0.3, 0.4) is 0 Å². The summed E-state index contributed by atoms with van der Waals surface area (Å²) in [4.78, 5) is 10.3. The van der Waals surface area contributed by atoms with Crippen LogP contribution in [0.5, 0.6) is 5.75 Å². The molecule has 0 aliphatic heterocycles. The van der Waals surface area contributed by atoms with Gasteiger partial charge in [-0.15, -0.1) is 0 Å². The minimum Gasteiger partial charge on any atom is -0.491 e. The van der Waals surface area contributed by atoms with E-state index in [0.717, 1.165) is 11.1 Å². The number of hydrogen-bond acceptors (Lipinski definition) is 5. The number of ether oxygens (including phenoxy) is 1. The number of aliphatic hydroxyl groups excluding tert-OH is 1. The van der Waals surface area contributed by atoms with Crippen LogP contribution in [-0.4, -0.2) is 32.5 Å². The second-order valence-corrected chi connectivity index (χ2v) is 5.53. The van der Waals surface area contributed by atoms with E-state index in [1.54, 1.807) is 29.2 Å². The molecule has 0 aliphatic rings. The van der Waals surface area contributed by atoms with Gasteiger partial charge in [-0.2, -0.15) is 5.10 Å². The smallest absolute Gasteiger partial charge is 0.269 e. The fourth-order valence-corrected chi connectivity index (χ4v) is 2.37. The Bertz CT molecular complexity index is 831. The van der Waals surface area contributed by atoms with E-state index in [1.165, 1.54) is 12.1 Å². The lowest BCUT2D eigenvalue weighted by molar-refractivity contribution is -0.384. The molecule has 128 valence electrons. The van der Waals surface area contributed by atoms with Crippen LogP contribution in [-0.2, 0) is 6.54 Å². The highest BCUT2D eigenvalue weighted by Crippen LogP contribution is 2.21. The van der Waals surface area contributed by atoms with Gasteiger partial charge in [-0.25, -0.2) is 0 Å². The minimum atomic E-state index is -0.704. The van der Waals surface area contributed by atoms with Crippen molar-refractivity contribution in [3.05, 3.63) is 77.1 Å². The Labute approximate surface area is 144 Å². The predicted octanol–water partition coefficient (Wildman–Crippen LogP) is 2.90. The van der Waals surface area contributed by atoms with Gasteiger partial charge in [0.05, 0.1) is 17.7 Å². The number of rotatable bonds is 7. The van der Waals surface area contributed by atoms with Gasteiger partial charge < -0.3 is 9.84 Å². The van der Waals surface area contributed by atoms with Crippen LogP contribution >= 0.6 is 0 Å². The van der Waals surface area contributed by atoms with Crippen molar-refractivity contribution < 1.29 is 14.8 Å². The first-order valence-electron chi connectivity index (χ1n) is 7.75. The van der Waals surface area contributed by atoms with E-state index < -0.39 is 11.0 Å². The standard InChI is InChI=1S/C18H17N3O4/c22-17(13-25-18-4-2-1-3-5-18)12-20-11-15(10-19-20)14-6-8-16(9-7-14)21(23)24/h1-11,17,22H,12-13H2. The number of nitro benzene ring substituents is 1. The Morgan fingerprint density at radius 1 is 1.12 bits per heavy atom. The zero-order valence-electron chi connectivity index (χ0n) is 13.4. The van der Waals surface area contributed by atoms with E-state index in [2.05, 4.69) is 5.10 Å². The average Bonchev–Trinajstić information content (AvgIpc) is 3.09. The van der Waals surface area contributed by atoms with Gasteiger partial charge in [0, 0.05) is 23.9 Å². The lowest BCUT2D eigenvalue weighted by Crippen LogP contribution is -2.23. The second-order valence-electron chi connectivity index (χ2n) is 5.53. The third kappa shape index (κ3) is 4.42. The van der Waals surface area contributed by atoms with Gasteiger partial charge >= 0.3 is 0 Å². The Morgan fingerprint density at radius 3 is 2.52 bits per heavy atom. The number of aromatic nitrogens is 2. The van der Waals surface area contributed by atoms with E-state index in [1.807, 2.05) is 30.3 Å². The monoisotopic (exact) mass is 339 g/mol. The number of aliphatic hydroxyl groups is 1. The predicted molar refractivity (Wildman–Crippen MR) is 92.3 cm³/mol. The molecule has 0 aliphatic carbocycles. The number of nitro groups is 1. The molecule has 3 rings (SSSR count). The summed E-state index contributed by atoms with van der Waals surface area (Å²) in [6.07, 6.45) is 2.74. The van der Waals surface area contributed by atoms with E-state index in [9.17, 15) is 15.2 Å². The Kier molecular flexibility index (Phi) is 5.06. The fourth-order valence-electron chi connectivity index (χ4n) is 2.37. The molecule has 0 saturated carbocycles. The fraction of sp³-hybridized carbons (Fsp3) is 0.167. The zero-order chi connectivity index (χ0) is 17.6. The summed E-state index contributed by atoms with van der Waals surface area (Å²) in [7, 11) is 0. The van der Waals surface area contributed by atoms with Crippen molar-refractivity contribution in [2.75, 3.05) is 6.61 Å². The van der Waals surface area contributed by atoms with Gasteiger partial charge in [-0.05, 0) is 29.8 Å². The summed E-state index contributed by atoms with van der Waals surface area (Å²) >= 11 is 0. The maximum Gasteiger partial charge on any atom is 0.269 e. The molecule has 1 N–H and O–H groups in total. The molecule has 0 fully saturated rings. The minimum absolute atomic E-state index is 0.0459. The van der Waals surface area contributed by atoms with Crippen molar-refractivity contribution in [3.8, 4) is 16.9 Å². The van der Waals surface area contributed by atoms with Gasteiger partial charge in [-0.1, -0.05) is 18.2 Å². The van der Waals surface area contributed by atoms with Crippen molar-refractivity contribution in [3.63, 3.8) is 0 Å². The van der Waals surface area contributed by atoms with Crippen LogP contribution in [0.1, 0.15) is 0 Å². The van der Waals surface area contributed by atoms with E-state index in [-0.39, 0.29) is 12.3 Å². The molecule has 1 unspecified atom stereocenters. The molecule has 0 radical (unpaired) electrons. The summed E-state index contributed by atoms with van der Waals surface area (Å²) in [5.41, 5.74) is 1.70. The van der Waals surface area contributed by atoms with Gasteiger partial charge in [0.25, 0.3) is 5.69 Å². The van der Waals surface area contributed by atoms with Crippen LogP contribution in [0.25, 0.3) is 11.1 Å². The molecule has 25 heavy (non-hydrogen) atoms. The first-order valence-corrected chi connectivity index (χ1v) is 7.75. The van der Waals surface area contributed by atoms with E-state index >= 15 is 0 Å². The van der Waals surface area contributed by atoms with Crippen molar-refractivity contribution in [1.29, 1.82) is 0 Å². The van der Waals surface area contributed by atoms with Gasteiger partial charge in [-0.3, -0.25) is 14.8 Å². The lowest BCUT2D eigenvalue weighted by atomic mass is 10.1. The van der Waals surface area contributed by atoms with Crippen LogP contribution in [0, 0.1) is 10.1 Å². The number of non-ortho nitro benzene ring substituents is 1. The van der Waals surface area contributed by atoms with Crippen LogP contribution in [0.4, 0.5) is 5.69 Å². The number of hydrogen-bond donors (Lipinski definition) is 1. The highest BCUT2D eigenvalue weighted by molar-refractivity contribution is 5.63. The maximum atomic E-state index is 10.7. The summed E-state index contributed by atoms with van der Waals surface area (Å²) in [5, 5.41) is 25.0. The molecule has 3 aromatic rings. The third-order valence-corrected chi connectivity index (χ3v) is 3.63. The molecule has 1 heterocycles. The Hall–Kier alpha value is -3.19. The third-order valence-electron chi connectivity index (χ3n) is 3.63. The molecule has 7 heteroatoms. The average molecular weight is 339 g/mol. The summed E-state index contributed by atoms with van der Waals surface area (Å²) < 4.78 is 7.13. The largest absolute Gasteiger partial charge is 0.491 e. The number of benzene rings is 2. The van der Waals surface area contributed by atoms with Gasteiger partial charge in [0.1, 0.15) is 18.5 Å². The SMILES string of the molecule is O=[N+]([O-])c1ccc(-c2cnn(CC(O)COc3ccccc3)c2)cc1. The quantitative estimate of drug-likeness (QED) is 0.528. The van der Waals surface area contributed by atoms with Crippen molar-refractivity contribution in [2.45, 2.75) is 12.6 Å². The molecular formula is C18H17N3O4. The number of para-hydroxylation sites is 1. The van der Waals surface area contributed by atoms with Gasteiger partial charge in [0.15, 0.2) is 0 Å². The normalized spacial score (nSPS) is 11.9. The van der Waals surface area contributed by atoms with Crippen molar-refractivity contribution >= 4 is 5.69 Å². The molecule has 0 saturated heterocycles. The second kappa shape index (κ2) is 7.59. The summed E-state index contributed by atoms with van der Waals surface area (Å²) in [6.45, 7) is 0.455. The highest BCUT2D eigenvalue weighted by atomic mass is 16.6. The van der Waals surface area contributed by atoms with Gasteiger partial charge in [0.2, 0.25) is 0 Å². The highest BCUT2D eigenvalue weighted by Gasteiger charge is 2.10. The first-order chi connectivity index (χ1) is 12.1. The first kappa shape index (κ1) is 16.7. The van der Waals surface area contributed by atoms with Crippen molar-refractivity contribution in [2.24, 2.45) is 0 Å². The molecule has 7 nitrogen and oxygen atoms in total. The number of nitrogens with zero attached hydrogens (tertiary/aromatic N) is 3. The summed E-state index contributed by atoms with van der Waals surface area (Å²) in [5.74, 6) is 0.702. The maximum absolute atomic E-state index is 10.7. The molecule has 0 amide bonds.